The van der Waals surface area contributed by atoms with Crippen LogP contribution in [0.4, 0.5) is 0 Å². The fourth-order valence-corrected chi connectivity index (χ4v) is 0. The molecule has 0 spiro atoms. The third kappa shape index (κ3) is 232. The molecular weight excluding hydrogens is 252 g/mol. The van der Waals surface area contributed by atoms with Crippen molar-refractivity contribution in [2.24, 2.45) is 0 Å². The predicted octanol–water partition coefficient (Wildman–Crippen LogP) is -0.730. The summed E-state index contributed by atoms with van der Waals surface area (Å²) in [6.45, 7) is 0. The zero-order valence-electron chi connectivity index (χ0n) is 9.03. The lowest BCUT2D eigenvalue weighted by molar-refractivity contribution is -0.131. The first-order valence-corrected chi connectivity index (χ1v) is 2.70. The fraction of sp³-hybridized carbons (Fsp3) is 0. The fourth-order valence-electron chi connectivity index (χ4n) is 0. The van der Waals surface area contributed by atoms with Crippen LogP contribution in [0.15, 0.2) is 0 Å². The second-order valence-corrected chi connectivity index (χ2v) is 1.25. The molecule has 12 heteroatoms. The van der Waals surface area contributed by atoms with Crippen LogP contribution in [0.2, 0.25) is 0 Å². The predicted molar refractivity (Wildman–Crippen MR) is 54.8 cm³/mol. The van der Waals surface area contributed by atoms with E-state index in [0.29, 0.717) is 0 Å². The maximum Gasteiger partial charge on any atom is 0.408 e. The van der Waals surface area contributed by atoms with E-state index in [9.17, 15) is 0 Å². The Kier molecular flexibility index (Phi) is 59.1. The van der Waals surface area contributed by atoms with E-state index >= 15 is 0 Å². The van der Waals surface area contributed by atoms with E-state index < -0.39 is 17.9 Å². The topological polar surface area (TPSA) is 288 Å². The first kappa shape index (κ1) is 36.4. The van der Waals surface area contributed by atoms with Crippen molar-refractivity contribution >= 4 is 17.9 Å². The van der Waals surface area contributed by atoms with Crippen LogP contribution in [0.5, 0.6) is 0 Å². The number of rotatable bonds is 0. The Bertz CT molecular complexity index is 303. The molecule has 0 heterocycles. The Morgan fingerprint density at radius 1 is 0.611 bits per heavy atom. The molecule has 0 amide bonds. The average Bonchev–Trinajstić information content (AvgIpc) is 2.19. The van der Waals surface area contributed by atoms with Crippen LogP contribution in [0.3, 0.4) is 0 Å². The second kappa shape index (κ2) is 29.2. The molecule has 12 nitrogen and oxygen atoms in total. The van der Waals surface area contributed by atoms with E-state index in [2.05, 4.69) is 0 Å². The van der Waals surface area contributed by atoms with Crippen molar-refractivity contribution in [3.05, 3.63) is 0 Å². The molecule has 0 aromatic heterocycles. The monoisotopic (exact) mass is 264 g/mol. The maximum atomic E-state index is 9.01. The van der Waals surface area contributed by atoms with Gasteiger partial charge in [-0.3, -0.25) is 0 Å². The van der Waals surface area contributed by atoms with Gasteiger partial charge in [-0.05, 0) is 0 Å². The highest BCUT2D eigenvalue weighted by molar-refractivity contribution is 5.84. The van der Waals surface area contributed by atoms with Crippen molar-refractivity contribution < 1.29 is 29.7 Å². The molecular formula is C6H12N6O6. The van der Waals surface area contributed by atoms with Crippen molar-refractivity contribution in [2.75, 3.05) is 0 Å². The number of nitrogens with zero attached hydrogens (tertiary/aromatic N) is 3. The largest absolute Gasteiger partial charge is 0.470 e. The van der Waals surface area contributed by atoms with Crippen molar-refractivity contribution in [1.82, 2.24) is 18.5 Å². The molecule has 0 rings (SSSR count). The quantitative estimate of drug-likeness (QED) is 0.233. The van der Waals surface area contributed by atoms with E-state index in [1.807, 2.05) is 0 Å². The third-order valence-electron chi connectivity index (χ3n) is 0.287. The summed E-state index contributed by atoms with van der Waals surface area (Å²) in [5, 5.41) is 44.0. The van der Waals surface area contributed by atoms with Crippen molar-refractivity contribution in [2.45, 2.75) is 0 Å². The number of carboxylic acid groups (broad SMARTS) is 3. The van der Waals surface area contributed by atoms with Crippen LogP contribution in [0, 0.1) is 34.0 Å². The standard InChI is InChI=1S/3C2HNO2.3H3N/c3*3-1-2(4)5;;;/h3*(H,4,5);3*1H3. The van der Waals surface area contributed by atoms with Gasteiger partial charge in [0, 0.05) is 0 Å². The number of hydrogen-bond acceptors (Lipinski definition) is 9. The van der Waals surface area contributed by atoms with Crippen LogP contribution >= 0.6 is 0 Å². The van der Waals surface area contributed by atoms with Gasteiger partial charge in [0.2, 0.25) is 0 Å². The Balaban J connectivity index is -0.0000000277. The van der Waals surface area contributed by atoms with Gasteiger partial charge in [0.05, 0.1) is 0 Å². The van der Waals surface area contributed by atoms with Gasteiger partial charge in [-0.2, -0.15) is 15.8 Å². The Labute approximate surface area is 101 Å². The zero-order chi connectivity index (χ0) is 12.9. The SMILES string of the molecule is N.N.N.N#CC(=O)O.N#CC(=O)O.N#CC(=O)O. The third-order valence-corrected chi connectivity index (χ3v) is 0.287. The number of carboxylic acids is 3. The molecule has 0 saturated carbocycles. The van der Waals surface area contributed by atoms with E-state index in [1.54, 1.807) is 0 Å². The van der Waals surface area contributed by atoms with Crippen molar-refractivity contribution in [1.29, 1.82) is 15.8 Å². The second-order valence-electron chi connectivity index (χ2n) is 1.25. The molecule has 0 aliphatic carbocycles. The van der Waals surface area contributed by atoms with Gasteiger partial charge in [-0.15, -0.1) is 0 Å². The summed E-state index contributed by atoms with van der Waals surface area (Å²) in [4.78, 5) is 27.0. The lowest BCUT2D eigenvalue weighted by atomic mass is 10.8. The highest BCUT2D eigenvalue weighted by Gasteiger charge is 1.80. The van der Waals surface area contributed by atoms with Crippen LogP contribution < -0.4 is 18.5 Å². The van der Waals surface area contributed by atoms with Crippen LogP contribution in [0.25, 0.3) is 0 Å². The summed E-state index contributed by atoms with van der Waals surface area (Å²) in [7, 11) is 0. The lowest BCUT2D eigenvalue weighted by Crippen LogP contribution is -1.83. The zero-order valence-corrected chi connectivity index (χ0v) is 9.03. The highest BCUT2D eigenvalue weighted by atomic mass is 16.4. The molecule has 0 fully saturated rings. The summed E-state index contributed by atoms with van der Waals surface area (Å²) in [5.41, 5.74) is 0. The van der Waals surface area contributed by atoms with E-state index in [0.717, 1.165) is 18.2 Å². The van der Waals surface area contributed by atoms with E-state index in [1.165, 1.54) is 0 Å². The molecule has 0 aromatic carbocycles. The van der Waals surface area contributed by atoms with Crippen LogP contribution in [-0.2, 0) is 14.4 Å². The average molecular weight is 264 g/mol. The van der Waals surface area contributed by atoms with Gasteiger partial charge in [0.25, 0.3) is 0 Å². The first-order chi connectivity index (χ1) is 6.81. The van der Waals surface area contributed by atoms with E-state index in [4.69, 9.17) is 45.5 Å². The molecule has 0 unspecified atom stereocenters. The van der Waals surface area contributed by atoms with Crippen molar-refractivity contribution in [3.8, 4) is 18.2 Å². The van der Waals surface area contributed by atoms with Gasteiger partial charge in [0.15, 0.2) is 18.2 Å². The first-order valence-electron chi connectivity index (χ1n) is 2.70. The summed E-state index contributed by atoms with van der Waals surface area (Å²) >= 11 is 0. The van der Waals surface area contributed by atoms with E-state index in [-0.39, 0.29) is 18.5 Å². The van der Waals surface area contributed by atoms with Gasteiger partial charge in [-0.1, -0.05) is 0 Å². The number of hydrogen-bond donors (Lipinski definition) is 6. The lowest BCUT2D eigenvalue weighted by Gasteiger charge is -1.56. The molecule has 0 saturated heterocycles. The van der Waals surface area contributed by atoms with Gasteiger partial charge in [0.1, 0.15) is 0 Å². The summed E-state index contributed by atoms with van der Waals surface area (Å²) < 4.78 is 0. The molecule has 12 N–H and O–H groups in total. The minimum Gasteiger partial charge on any atom is -0.470 e. The summed E-state index contributed by atoms with van der Waals surface area (Å²) in [6.07, 6.45) is 0. The summed E-state index contributed by atoms with van der Waals surface area (Å²) in [6, 6.07) is 2.83. The van der Waals surface area contributed by atoms with Gasteiger partial charge < -0.3 is 33.8 Å². The van der Waals surface area contributed by atoms with Crippen LogP contribution in [0.1, 0.15) is 0 Å². The minimum atomic E-state index is -1.44. The van der Waals surface area contributed by atoms with Gasteiger partial charge >= 0.3 is 17.9 Å². The molecule has 18 heavy (non-hydrogen) atoms. The molecule has 0 radical (unpaired) electrons. The number of carbonyl (C=O) groups is 3. The minimum absolute atomic E-state index is 0. The smallest absolute Gasteiger partial charge is 0.408 e. The Hall–Kier alpha value is -3.24. The Morgan fingerprint density at radius 2 is 0.667 bits per heavy atom. The normalized spacial score (nSPS) is 4.50. The number of nitriles is 3. The number of aliphatic carboxylic acids is 3. The maximum absolute atomic E-state index is 9.01. The Morgan fingerprint density at radius 3 is 0.667 bits per heavy atom. The molecule has 0 aliphatic heterocycles. The molecule has 102 valence electrons. The molecule has 0 atom stereocenters. The molecule has 0 bridgehead atoms. The molecule has 0 aliphatic rings. The van der Waals surface area contributed by atoms with Crippen LogP contribution in [-0.4, -0.2) is 33.2 Å². The van der Waals surface area contributed by atoms with Crippen molar-refractivity contribution in [3.63, 3.8) is 0 Å². The summed E-state index contributed by atoms with van der Waals surface area (Å²) in [5.74, 6) is -4.32. The highest BCUT2D eigenvalue weighted by Crippen LogP contribution is 1.45. The van der Waals surface area contributed by atoms with Gasteiger partial charge in [-0.25, -0.2) is 14.4 Å². The molecule has 0 aromatic rings.